The molecule has 2 atom stereocenters. The molecule has 7 heteroatoms. The third kappa shape index (κ3) is 2.65. The number of nitrogens with zero attached hydrogens (tertiary/aromatic N) is 2. The number of fused-ring (bicyclic) bond motifs is 1. The number of carbonyl (C=O) groups is 1. The molecule has 2 aromatic rings. The number of para-hydroxylation sites is 2. The van der Waals surface area contributed by atoms with Gasteiger partial charge in [-0.2, -0.15) is 0 Å². The van der Waals surface area contributed by atoms with E-state index in [-0.39, 0.29) is 24.7 Å². The average Bonchev–Trinajstić information content (AvgIpc) is 3.00. The Bertz CT molecular complexity index is 587. The fourth-order valence-electron chi connectivity index (χ4n) is 2.10. The Balaban J connectivity index is 1.60. The number of aliphatic hydroxyl groups is 2. The van der Waals surface area contributed by atoms with Gasteiger partial charge in [0, 0.05) is 13.1 Å². The van der Waals surface area contributed by atoms with Crippen LogP contribution in [-0.2, 0) is 4.79 Å². The molecular weight excluding hydrogens is 280 g/mol. The van der Waals surface area contributed by atoms with Gasteiger partial charge in [0.1, 0.15) is 5.52 Å². The van der Waals surface area contributed by atoms with Crippen LogP contribution >= 0.6 is 11.8 Å². The van der Waals surface area contributed by atoms with Crippen LogP contribution in [0.15, 0.2) is 33.9 Å². The van der Waals surface area contributed by atoms with Crippen molar-refractivity contribution < 1.29 is 19.4 Å². The van der Waals surface area contributed by atoms with Gasteiger partial charge in [-0.05, 0) is 12.1 Å². The van der Waals surface area contributed by atoms with E-state index < -0.39 is 12.2 Å². The summed E-state index contributed by atoms with van der Waals surface area (Å²) in [5.41, 5.74) is 1.45. The topological polar surface area (TPSA) is 86.8 Å². The Labute approximate surface area is 119 Å². The molecule has 2 N–H and O–H groups in total. The molecule has 1 fully saturated rings. The molecule has 1 aromatic carbocycles. The minimum absolute atomic E-state index is 0.146. The predicted octanol–water partition coefficient (Wildman–Crippen LogP) is 0.484. The number of rotatable bonds is 3. The Kier molecular flexibility index (Phi) is 3.64. The lowest BCUT2D eigenvalue weighted by Gasteiger charge is -2.13. The second-order valence-corrected chi connectivity index (χ2v) is 5.60. The summed E-state index contributed by atoms with van der Waals surface area (Å²) < 4.78 is 5.51. The minimum atomic E-state index is -0.853. The largest absolute Gasteiger partial charge is 0.431 e. The zero-order valence-electron chi connectivity index (χ0n) is 10.6. The zero-order valence-corrected chi connectivity index (χ0v) is 11.4. The van der Waals surface area contributed by atoms with Crippen molar-refractivity contribution in [3.63, 3.8) is 0 Å². The van der Waals surface area contributed by atoms with Crippen molar-refractivity contribution in [3.8, 4) is 0 Å². The summed E-state index contributed by atoms with van der Waals surface area (Å²) in [5.74, 6) is 0.0274. The summed E-state index contributed by atoms with van der Waals surface area (Å²) in [4.78, 5) is 17.7. The smallest absolute Gasteiger partial charge is 0.257 e. The van der Waals surface area contributed by atoms with E-state index in [0.29, 0.717) is 10.8 Å². The van der Waals surface area contributed by atoms with Crippen LogP contribution in [0.5, 0.6) is 0 Å². The standard InChI is InChI=1S/C13H14N2O4S/c16-9-5-15(6-10(9)17)12(18)7-20-13-14-8-3-1-2-4-11(8)19-13/h1-4,9-10,16-17H,5-7H2/t9-,10+. The van der Waals surface area contributed by atoms with Gasteiger partial charge in [-0.15, -0.1) is 0 Å². The third-order valence-corrected chi connectivity index (χ3v) is 4.02. The molecule has 0 aliphatic carbocycles. The van der Waals surface area contributed by atoms with Crippen molar-refractivity contribution in [1.29, 1.82) is 0 Å². The maximum absolute atomic E-state index is 11.9. The lowest BCUT2D eigenvalue weighted by Crippen LogP contribution is -2.31. The highest BCUT2D eigenvalue weighted by atomic mass is 32.2. The van der Waals surface area contributed by atoms with Gasteiger partial charge in [0.25, 0.3) is 5.22 Å². The molecule has 0 saturated carbocycles. The van der Waals surface area contributed by atoms with Crippen molar-refractivity contribution in [2.45, 2.75) is 17.4 Å². The lowest BCUT2D eigenvalue weighted by atomic mass is 10.3. The van der Waals surface area contributed by atoms with Crippen LogP contribution < -0.4 is 0 Å². The van der Waals surface area contributed by atoms with E-state index in [0.717, 1.165) is 5.52 Å². The molecule has 6 nitrogen and oxygen atoms in total. The molecule has 0 radical (unpaired) electrons. The molecule has 0 spiro atoms. The Hall–Kier alpha value is -1.57. The summed E-state index contributed by atoms with van der Waals surface area (Å²) in [6.07, 6.45) is -1.71. The average molecular weight is 294 g/mol. The molecule has 1 aromatic heterocycles. The summed E-state index contributed by atoms with van der Waals surface area (Å²) in [6.45, 7) is 0.349. The minimum Gasteiger partial charge on any atom is -0.431 e. The molecule has 20 heavy (non-hydrogen) atoms. The van der Waals surface area contributed by atoms with Crippen LogP contribution in [-0.4, -0.2) is 57.1 Å². The van der Waals surface area contributed by atoms with Crippen molar-refractivity contribution in [3.05, 3.63) is 24.3 Å². The van der Waals surface area contributed by atoms with E-state index in [4.69, 9.17) is 4.42 Å². The highest BCUT2D eigenvalue weighted by molar-refractivity contribution is 7.99. The number of carbonyl (C=O) groups excluding carboxylic acids is 1. The summed E-state index contributed by atoms with van der Waals surface area (Å²) >= 11 is 1.21. The Morgan fingerprint density at radius 2 is 2.05 bits per heavy atom. The molecule has 1 aliphatic heterocycles. The number of aliphatic hydroxyl groups excluding tert-OH is 2. The summed E-state index contributed by atoms with van der Waals surface area (Å²) in [6, 6.07) is 7.40. The number of hydrogen-bond donors (Lipinski definition) is 2. The monoisotopic (exact) mass is 294 g/mol. The maximum atomic E-state index is 11.9. The van der Waals surface area contributed by atoms with Gasteiger partial charge in [-0.25, -0.2) is 4.98 Å². The number of thioether (sulfide) groups is 1. The number of amides is 1. The van der Waals surface area contributed by atoms with E-state index in [2.05, 4.69) is 4.98 Å². The quantitative estimate of drug-likeness (QED) is 0.801. The van der Waals surface area contributed by atoms with Crippen LogP contribution in [0.1, 0.15) is 0 Å². The van der Waals surface area contributed by atoms with Gasteiger partial charge < -0.3 is 19.5 Å². The lowest BCUT2D eigenvalue weighted by molar-refractivity contribution is -0.127. The molecule has 106 valence electrons. The molecular formula is C13H14N2O4S. The van der Waals surface area contributed by atoms with E-state index in [1.165, 1.54) is 16.7 Å². The van der Waals surface area contributed by atoms with Crippen molar-refractivity contribution in [2.24, 2.45) is 0 Å². The SMILES string of the molecule is O=C(CSc1nc2ccccc2o1)N1C[C@@H](O)[C@@H](O)C1. The van der Waals surface area contributed by atoms with Gasteiger partial charge in [-0.1, -0.05) is 23.9 Å². The third-order valence-electron chi connectivity index (χ3n) is 3.21. The predicted molar refractivity (Wildman–Crippen MR) is 73.3 cm³/mol. The zero-order chi connectivity index (χ0) is 14.1. The maximum Gasteiger partial charge on any atom is 0.257 e. The number of aromatic nitrogens is 1. The molecule has 1 aliphatic rings. The number of hydrogen-bond acceptors (Lipinski definition) is 6. The molecule has 0 bridgehead atoms. The first-order valence-electron chi connectivity index (χ1n) is 6.26. The van der Waals surface area contributed by atoms with E-state index in [9.17, 15) is 15.0 Å². The molecule has 1 amide bonds. The number of likely N-dealkylation sites (tertiary alicyclic amines) is 1. The summed E-state index contributed by atoms with van der Waals surface area (Å²) in [5, 5.41) is 19.3. The molecule has 1 saturated heterocycles. The van der Waals surface area contributed by atoms with Crippen molar-refractivity contribution in [1.82, 2.24) is 9.88 Å². The van der Waals surface area contributed by atoms with E-state index >= 15 is 0 Å². The normalized spacial score (nSPS) is 22.6. The van der Waals surface area contributed by atoms with Gasteiger partial charge >= 0.3 is 0 Å². The van der Waals surface area contributed by atoms with Crippen LogP contribution in [0.3, 0.4) is 0 Å². The first-order chi connectivity index (χ1) is 9.63. The Morgan fingerprint density at radius 3 is 2.75 bits per heavy atom. The number of benzene rings is 1. The first-order valence-corrected chi connectivity index (χ1v) is 7.24. The van der Waals surface area contributed by atoms with Crippen LogP contribution in [0.4, 0.5) is 0 Å². The van der Waals surface area contributed by atoms with Crippen LogP contribution in [0, 0.1) is 0 Å². The fourth-order valence-corrected chi connectivity index (χ4v) is 2.84. The van der Waals surface area contributed by atoms with Crippen LogP contribution in [0.2, 0.25) is 0 Å². The van der Waals surface area contributed by atoms with Gasteiger partial charge in [0.05, 0.1) is 18.0 Å². The molecule has 3 rings (SSSR count). The van der Waals surface area contributed by atoms with Crippen molar-refractivity contribution >= 4 is 28.8 Å². The van der Waals surface area contributed by atoms with Gasteiger partial charge in [0.15, 0.2) is 5.58 Å². The molecule has 0 unspecified atom stereocenters. The highest BCUT2D eigenvalue weighted by Crippen LogP contribution is 2.23. The Morgan fingerprint density at radius 1 is 1.35 bits per heavy atom. The summed E-state index contributed by atoms with van der Waals surface area (Å²) in [7, 11) is 0. The second-order valence-electron chi connectivity index (χ2n) is 4.67. The van der Waals surface area contributed by atoms with Gasteiger partial charge in [-0.3, -0.25) is 4.79 Å². The van der Waals surface area contributed by atoms with Gasteiger partial charge in [0.2, 0.25) is 5.91 Å². The number of oxazole rings is 1. The first kappa shape index (κ1) is 13.4. The second kappa shape index (κ2) is 5.43. The van der Waals surface area contributed by atoms with Crippen molar-refractivity contribution in [2.75, 3.05) is 18.8 Å². The van der Waals surface area contributed by atoms with E-state index in [1.54, 1.807) is 0 Å². The van der Waals surface area contributed by atoms with Crippen LogP contribution in [0.25, 0.3) is 11.1 Å². The fraction of sp³-hybridized carbons (Fsp3) is 0.385. The molecule has 2 heterocycles. The van der Waals surface area contributed by atoms with E-state index in [1.807, 2.05) is 24.3 Å². The highest BCUT2D eigenvalue weighted by Gasteiger charge is 2.32. The number of β-amino-alcohol motifs (C(OH)–C–C–N with tert-alkyl or cyclic N) is 2.